The number of anilines is 1. The van der Waals surface area contributed by atoms with E-state index in [1.165, 1.54) is 0 Å². The number of nitrogens with two attached hydrogens (primary N) is 1. The number of amides is 1. The lowest BCUT2D eigenvalue weighted by Gasteiger charge is -2.15. The first-order valence-electron chi connectivity index (χ1n) is 11.6. The number of pyridine rings is 3. The molecule has 5 rings (SSSR count). The molecule has 1 amide bonds. The summed E-state index contributed by atoms with van der Waals surface area (Å²) >= 11 is 0. The summed E-state index contributed by atoms with van der Waals surface area (Å²) in [6.45, 7) is 2.96. The van der Waals surface area contributed by atoms with Gasteiger partial charge >= 0.3 is 0 Å². The van der Waals surface area contributed by atoms with Gasteiger partial charge in [0.05, 0.1) is 17.5 Å². The fourth-order valence-electron chi connectivity index (χ4n) is 4.19. The van der Waals surface area contributed by atoms with Crippen LogP contribution in [0.1, 0.15) is 18.1 Å². The van der Waals surface area contributed by atoms with Crippen molar-refractivity contribution in [3.05, 3.63) is 94.7 Å². The summed E-state index contributed by atoms with van der Waals surface area (Å²) in [6, 6.07) is 15.0. The molecule has 1 aromatic carbocycles. The molecule has 0 spiro atoms. The standard InChI is InChI=1S/C27H25N7O2/c1-2-34-25(28)23(26-30-13-14-31-26)24(36)20-7-8-21(33-27(20)34)19-5-3-17(4-6-19)15-22(35)32-16-18-9-11-29-12-10-18/h3-14H,2,15-16,28H2,1H3,(H,30,31)(H,32,35). The van der Waals surface area contributed by atoms with Gasteiger partial charge in [0, 0.05) is 43.4 Å². The normalized spacial score (nSPS) is 11.0. The van der Waals surface area contributed by atoms with Gasteiger partial charge in [-0.25, -0.2) is 9.97 Å². The zero-order valence-electron chi connectivity index (χ0n) is 19.7. The number of H-pyrrole nitrogens is 1. The van der Waals surface area contributed by atoms with Crippen LogP contribution in [0.25, 0.3) is 33.7 Å². The second-order valence-corrected chi connectivity index (χ2v) is 8.34. The van der Waals surface area contributed by atoms with Crippen LogP contribution in [0, 0.1) is 0 Å². The molecular formula is C27H25N7O2. The highest BCUT2D eigenvalue weighted by Gasteiger charge is 2.19. The highest BCUT2D eigenvalue weighted by atomic mass is 16.1. The summed E-state index contributed by atoms with van der Waals surface area (Å²) in [4.78, 5) is 41.5. The van der Waals surface area contributed by atoms with Crippen LogP contribution in [-0.2, 0) is 24.3 Å². The van der Waals surface area contributed by atoms with Crippen LogP contribution in [0.4, 0.5) is 5.82 Å². The third-order valence-corrected chi connectivity index (χ3v) is 6.05. The van der Waals surface area contributed by atoms with E-state index in [1.54, 1.807) is 30.9 Å². The van der Waals surface area contributed by atoms with E-state index in [0.29, 0.717) is 47.0 Å². The van der Waals surface area contributed by atoms with Crippen LogP contribution in [0.2, 0.25) is 0 Å². The fraction of sp³-hybridized carbons (Fsp3) is 0.148. The maximum atomic E-state index is 13.2. The predicted molar refractivity (Wildman–Crippen MR) is 139 cm³/mol. The molecule has 36 heavy (non-hydrogen) atoms. The molecule has 0 unspecified atom stereocenters. The minimum Gasteiger partial charge on any atom is -0.384 e. The van der Waals surface area contributed by atoms with Gasteiger partial charge in [-0.15, -0.1) is 0 Å². The van der Waals surface area contributed by atoms with Crippen LogP contribution >= 0.6 is 0 Å². The molecule has 0 fully saturated rings. The van der Waals surface area contributed by atoms with Crippen molar-refractivity contribution in [3.8, 4) is 22.6 Å². The van der Waals surface area contributed by atoms with E-state index < -0.39 is 0 Å². The molecule has 4 aromatic heterocycles. The minimum absolute atomic E-state index is 0.0572. The van der Waals surface area contributed by atoms with Gasteiger partial charge in [-0.2, -0.15) is 0 Å². The van der Waals surface area contributed by atoms with Gasteiger partial charge in [0.2, 0.25) is 11.3 Å². The Bertz CT molecular complexity index is 1580. The highest BCUT2D eigenvalue weighted by Crippen LogP contribution is 2.26. The number of aromatic amines is 1. The molecule has 4 N–H and O–H groups in total. The largest absolute Gasteiger partial charge is 0.384 e. The van der Waals surface area contributed by atoms with Crippen LogP contribution in [0.5, 0.6) is 0 Å². The number of fused-ring (bicyclic) bond motifs is 1. The van der Waals surface area contributed by atoms with E-state index in [9.17, 15) is 9.59 Å². The second-order valence-electron chi connectivity index (χ2n) is 8.34. The third kappa shape index (κ3) is 4.46. The zero-order valence-corrected chi connectivity index (χ0v) is 19.7. The number of carbonyl (C=O) groups is 1. The monoisotopic (exact) mass is 479 g/mol. The lowest BCUT2D eigenvalue weighted by molar-refractivity contribution is -0.120. The lowest BCUT2D eigenvalue weighted by atomic mass is 10.1. The van der Waals surface area contributed by atoms with E-state index in [4.69, 9.17) is 10.7 Å². The number of imidazole rings is 1. The van der Waals surface area contributed by atoms with Crippen molar-refractivity contribution in [2.75, 3.05) is 5.73 Å². The Morgan fingerprint density at radius 2 is 1.81 bits per heavy atom. The van der Waals surface area contributed by atoms with Crippen molar-refractivity contribution in [1.82, 2.24) is 29.8 Å². The van der Waals surface area contributed by atoms with Gasteiger partial charge in [-0.3, -0.25) is 14.6 Å². The second kappa shape index (κ2) is 9.83. The number of benzene rings is 1. The minimum atomic E-state index is -0.214. The van der Waals surface area contributed by atoms with Gasteiger partial charge in [0.25, 0.3) is 0 Å². The Morgan fingerprint density at radius 1 is 1.03 bits per heavy atom. The number of nitrogens with zero attached hydrogens (tertiary/aromatic N) is 4. The number of aryl methyl sites for hydroxylation is 1. The maximum Gasteiger partial charge on any atom is 0.224 e. The Morgan fingerprint density at radius 3 is 2.50 bits per heavy atom. The molecule has 0 saturated carbocycles. The van der Waals surface area contributed by atoms with Crippen molar-refractivity contribution < 1.29 is 4.79 Å². The quantitative estimate of drug-likeness (QED) is 0.328. The number of nitrogens with one attached hydrogen (secondary N) is 2. The molecule has 9 heteroatoms. The first-order valence-corrected chi connectivity index (χ1v) is 11.6. The maximum absolute atomic E-state index is 13.2. The van der Waals surface area contributed by atoms with Crippen LogP contribution < -0.4 is 16.5 Å². The van der Waals surface area contributed by atoms with Crippen molar-refractivity contribution in [2.45, 2.75) is 26.4 Å². The summed E-state index contributed by atoms with van der Waals surface area (Å²) in [5.74, 6) is 0.701. The van der Waals surface area contributed by atoms with Crippen molar-refractivity contribution in [2.24, 2.45) is 0 Å². The number of hydrogen-bond donors (Lipinski definition) is 3. The van der Waals surface area contributed by atoms with Gasteiger partial charge < -0.3 is 20.6 Å². The smallest absolute Gasteiger partial charge is 0.224 e. The zero-order chi connectivity index (χ0) is 25.1. The van der Waals surface area contributed by atoms with E-state index >= 15 is 0 Å². The van der Waals surface area contributed by atoms with E-state index in [0.717, 1.165) is 16.7 Å². The Labute approximate surface area is 207 Å². The average molecular weight is 480 g/mol. The number of aromatic nitrogens is 5. The van der Waals surface area contributed by atoms with Crippen molar-refractivity contribution in [3.63, 3.8) is 0 Å². The van der Waals surface area contributed by atoms with E-state index in [2.05, 4.69) is 20.3 Å². The summed E-state index contributed by atoms with van der Waals surface area (Å²) in [6.07, 6.45) is 6.92. The molecule has 180 valence electrons. The van der Waals surface area contributed by atoms with Gasteiger partial charge in [0.1, 0.15) is 22.9 Å². The summed E-state index contributed by atoms with van der Waals surface area (Å²) in [7, 11) is 0. The first-order chi connectivity index (χ1) is 17.5. The molecule has 9 nitrogen and oxygen atoms in total. The Balaban J connectivity index is 1.39. The molecule has 0 aliphatic rings. The molecule has 0 aliphatic heterocycles. The van der Waals surface area contributed by atoms with E-state index in [-0.39, 0.29) is 17.8 Å². The number of carbonyl (C=O) groups excluding carboxylic acids is 1. The van der Waals surface area contributed by atoms with Crippen LogP contribution in [-0.4, -0.2) is 30.4 Å². The Kier molecular flexibility index (Phi) is 6.27. The average Bonchev–Trinajstić information content (AvgIpc) is 3.43. The van der Waals surface area contributed by atoms with Gasteiger partial charge in [-0.1, -0.05) is 24.3 Å². The van der Waals surface area contributed by atoms with Gasteiger partial charge in [-0.05, 0) is 42.3 Å². The van der Waals surface area contributed by atoms with Crippen LogP contribution in [0.15, 0.2) is 78.1 Å². The SMILES string of the molecule is CCn1c(N)c(-c2ncc[nH]2)c(=O)c2ccc(-c3ccc(CC(=O)NCc4ccncc4)cc3)nc21. The number of nitrogen functional groups attached to an aromatic ring is 1. The molecular weight excluding hydrogens is 454 g/mol. The van der Waals surface area contributed by atoms with Crippen LogP contribution in [0.3, 0.4) is 0 Å². The van der Waals surface area contributed by atoms with Gasteiger partial charge in [0.15, 0.2) is 0 Å². The number of rotatable bonds is 7. The van der Waals surface area contributed by atoms with Crippen molar-refractivity contribution in [1.29, 1.82) is 0 Å². The highest BCUT2D eigenvalue weighted by molar-refractivity contribution is 5.87. The molecule has 0 saturated heterocycles. The summed E-state index contributed by atoms with van der Waals surface area (Å²) < 4.78 is 1.82. The molecule has 0 aliphatic carbocycles. The first kappa shape index (κ1) is 23.0. The molecule has 5 aromatic rings. The fourth-order valence-corrected chi connectivity index (χ4v) is 4.19. The molecule has 0 atom stereocenters. The third-order valence-electron chi connectivity index (χ3n) is 6.05. The lowest BCUT2D eigenvalue weighted by Crippen LogP contribution is -2.24. The Hall–Kier alpha value is -4.79. The molecule has 4 heterocycles. The van der Waals surface area contributed by atoms with E-state index in [1.807, 2.05) is 54.0 Å². The predicted octanol–water partition coefficient (Wildman–Crippen LogP) is 3.31. The molecule has 0 bridgehead atoms. The molecule has 0 radical (unpaired) electrons. The summed E-state index contributed by atoms with van der Waals surface area (Å²) in [5, 5.41) is 3.40. The van der Waals surface area contributed by atoms with Crippen molar-refractivity contribution >= 4 is 22.8 Å². The topological polar surface area (TPSA) is 132 Å². The summed E-state index contributed by atoms with van der Waals surface area (Å²) in [5.41, 5.74) is 10.5. The number of hydrogen-bond acceptors (Lipinski definition) is 6.